The Morgan fingerprint density at radius 3 is 2.80 bits per heavy atom. The number of nitrogens with two attached hydrogens (primary N) is 2. The zero-order chi connectivity index (χ0) is 10.8. The SMILES string of the molecule is N=C(c1csc(N)n1)c1cccnc1N. The molecule has 5 N–H and O–H groups in total. The number of nitrogens with one attached hydrogen (secondary N) is 1. The van der Waals surface area contributed by atoms with Crippen molar-refractivity contribution in [3.8, 4) is 0 Å². The van der Waals surface area contributed by atoms with Crippen LogP contribution in [0.5, 0.6) is 0 Å². The maximum Gasteiger partial charge on any atom is 0.180 e. The van der Waals surface area contributed by atoms with E-state index in [1.54, 1.807) is 23.7 Å². The van der Waals surface area contributed by atoms with Crippen LogP contribution in [0.4, 0.5) is 10.9 Å². The van der Waals surface area contributed by atoms with Gasteiger partial charge in [-0.05, 0) is 12.1 Å². The van der Waals surface area contributed by atoms with E-state index in [0.717, 1.165) is 0 Å². The normalized spacial score (nSPS) is 10.1. The summed E-state index contributed by atoms with van der Waals surface area (Å²) in [6, 6.07) is 3.47. The second-order valence-corrected chi connectivity index (χ2v) is 3.77. The van der Waals surface area contributed by atoms with E-state index >= 15 is 0 Å². The Kier molecular flexibility index (Phi) is 2.34. The van der Waals surface area contributed by atoms with Crippen molar-refractivity contribution in [3.63, 3.8) is 0 Å². The van der Waals surface area contributed by atoms with Crippen LogP contribution in [-0.4, -0.2) is 15.7 Å². The maximum absolute atomic E-state index is 7.89. The molecule has 2 rings (SSSR count). The summed E-state index contributed by atoms with van der Waals surface area (Å²) in [5, 5.41) is 10.1. The highest BCUT2D eigenvalue weighted by Gasteiger charge is 2.11. The van der Waals surface area contributed by atoms with Gasteiger partial charge in [0.25, 0.3) is 0 Å². The lowest BCUT2D eigenvalue weighted by Crippen LogP contribution is -2.07. The average molecular weight is 219 g/mol. The summed E-state index contributed by atoms with van der Waals surface area (Å²) in [5.74, 6) is 0.328. The molecular weight excluding hydrogens is 210 g/mol. The molecule has 0 amide bonds. The van der Waals surface area contributed by atoms with Gasteiger partial charge in [-0.25, -0.2) is 9.97 Å². The summed E-state index contributed by atoms with van der Waals surface area (Å²) in [6.07, 6.45) is 1.58. The van der Waals surface area contributed by atoms with Gasteiger partial charge in [-0.2, -0.15) is 0 Å². The zero-order valence-corrected chi connectivity index (χ0v) is 8.58. The van der Waals surface area contributed by atoms with E-state index in [-0.39, 0.29) is 5.71 Å². The van der Waals surface area contributed by atoms with Gasteiger partial charge in [0.05, 0.1) is 5.71 Å². The number of hydrogen-bond donors (Lipinski definition) is 3. The van der Waals surface area contributed by atoms with E-state index in [1.807, 2.05) is 0 Å². The molecule has 0 aromatic carbocycles. The molecule has 0 atom stereocenters. The van der Waals surface area contributed by atoms with Crippen molar-refractivity contribution in [3.05, 3.63) is 35.0 Å². The molecule has 0 fully saturated rings. The van der Waals surface area contributed by atoms with Crippen molar-refractivity contribution in [1.29, 1.82) is 5.41 Å². The van der Waals surface area contributed by atoms with E-state index in [4.69, 9.17) is 16.9 Å². The molecule has 0 spiro atoms. The van der Waals surface area contributed by atoms with Crippen molar-refractivity contribution in [2.75, 3.05) is 11.5 Å². The van der Waals surface area contributed by atoms with Crippen LogP contribution in [0.15, 0.2) is 23.7 Å². The van der Waals surface area contributed by atoms with Crippen LogP contribution in [-0.2, 0) is 0 Å². The number of thiazole rings is 1. The van der Waals surface area contributed by atoms with Gasteiger partial charge in [0.2, 0.25) is 0 Å². The number of hydrogen-bond acceptors (Lipinski definition) is 6. The maximum atomic E-state index is 7.89. The van der Waals surface area contributed by atoms with Gasteiger partial charge in [0.1, 0.15) is 11.5 Å². The van der Waals surface area contributed by atoms with Crippen molar-refractivity contribution < 1.29 is 0 Å². The van der Waals surface area contributed by atoms with E-state index in [0.29, 0.717) is 22.2 Å². The number of nitrogens with zero attached hydrogens (tertiary/aromatic N) is 2. The highest BCUT2D eigenvalue weighted by atomic mass is 32.1. The number of rotatable bonds is 2. The molecule has 2 aromatic heterocycles. The summed E-state index contributed by atoms with van der Waals surface area (Å²) < 4.78 is 0. The first-order valence-electron chi connectivity index (χ1n) is 4.19. The van der Waals surface area contributed by atoms with Crippen molar-refractivity contribution in [1.82, 2.24) is 9.97 Å². The molecule has 5 nitrogen and oxygen atoms in total. The number of anilines is 2. The fourth-order valence-corrected chi connectivity index (χ4v) is 1.72. The van der Waals surface area contributed by atoms with E-state index in [2.05, 4.69) is 9.97 Å². The van der Waals surface area contributed by atoms with Gasteiger partial charge in [0, 0.05) is 17.1 Å². The largest absolute Gasteiger partial charge is 0.383 e. The fraction of sp³-hybridized carbons (Fsp3) is 0. The Labute approximate surface area is 90.3 Å². The van der Waals surface area contributed by atoms with Gasteiger partial charge in [0.15, 0.2) is 5.13 Å². The minimum Gasteiger partial charge on any atom is -0.383 e. The third-order valence-corrected chi connectivity index (χ3v) is 2.56. The minimum atomic E-state index is 0.244. The standard InChI is InChI=1S/C9H9N5S/c10-7(6-4-15-9(12)14-6)5-2-1-3-13-8(5)11/h1-4,10H,(H2,11,13)(H2,12,14). The summed E-state index contributed by atoms with van der Waals surface area (Å²) in [6.45, 7) is 0. The van der Waals surface area contributed by atoms with Gasteiger partial charge in [-0.15, -0.1) is 11.3 Å². The predicted octanol–water partition coefficient (Wildman–Crippen LogP) is 1.12. The molecule has 0 unspecified atom stereocenters. The fourth-order valence-electron chi connectivity index (χ4n) is 1.17. The molecule has 0 radical (unpaired) electrons. The monoisotopic (exact) mass is 219 g/mol. The minimum absolute atomic E-state index is 0.244. The number of nitrogen functional groups attached to an aromatic ring is 2. The van der Waals surface area contributed by atoms with Crippen LogP contribution in [0.2, 0.25) is 0 Å². The second kappa shape index (κ2) is 3.66. The summed E-state index contributed by atoms with van der Waals surface area (Å²) in [4.78, 5) is 7.93. The van der Waals surface area contributed by atoms with Crippen LogP contribution in [0.1, 0.15) is 11.3 Å². The van der Waals surface area contributed by atoms with Gasteiger partial charge >= 0.3 is 0 Å². The summed E-state index contributed by atoms with van der Waals surface area (Å²) >= 11 is 1.30. The number of aromatic nitrogens is 2. The highest BCUT2D eigenvalue weighted by Crippen LogP contribution is 2.17. The Balaban J connectivity index is 2.41. The summed E-state index contributed by atoms with van der Waals surface area (Å²) in [7, 11) is 0. The molecule has 2 heterocycles. The third-order valence-electron chi connectivity index (χ3n) is 1.89. The molecule has 0 aliphatic heterocycles. The second-order valence-electron chi connectivity index (χ2n) is 2.88. The molecule has 2 aromatic rings. The molecule has 76 valence electrons. The van der Waals surface area contributed by atoms with Crippen molar-refractivity contribution in [2.45, 2.75) is 0 Å². The Hall–Kier alpha value is -1.95. The van der Waals surface area contributed by atoms with E-state index < -0.39 is 0 Å². The van der Waals surface area contributed by atoms with Crippen LogP contribution in [0, 0.1) is 5.41 Å². The van der Waals surface area contributed by atoms with E-state index in [1.165, 1.54) is 11.3 Å². The number of pyridine rings is 1. The first kappa shape index (κ1) is 9.60. The topological polar surface area (TPSA) is 102 Å². The van der Waals surface area contributed by atoms with Crippen molar-refractivity contribution >= 4 is 28.0 Å². The van der Waals surface area contributed by atoms with Gasteiger partial charge in [-0.1, -0.05) is 0 Å². The smallest absolute Gasteiger partial charge is 0.180 e. The molecule has 0 aliphatic carbocycles. The molecule has 0 aliphatic rings. The summed E-state index contributed by atoms with van der Waals surface area (Å²) in [5.41, 5.74) is 12.5. The van der Waals surface area contributed by atoms with Crippen LogP contribution < -0.4 is 11.5 Å². The quantitative estimate of drug-likeness (QED) is 0.658. The lowest BCUT2D eigenvalue weighted by molar-refractivity contribution is 1.29. The first-order chi connectivity index (χ1) is 7.18. The van der Waals surface area contributed by atoms with Crippen molar-refractivity contribution in [2.24, 2.45) is 0 Å². The molecule has 15 heavy (non-hydrogen) atoms. The Morgan fingerprint density at radius 2 is 2.20 bits per heavy atom. The molecule has 0 bridgehead atoms. The molecule has 6 heteroatoms. The molecule has 0 saturated heterocycles. The van der Waals surface area contributed by atoms with Crippen LogP contribution >= 0.6 is 11.3 Å². The third kappa shape index (κ3) is 1.79. The van der Waals surface area contributed by atoms with Gasteiger partial charge < -0.3 is 11.5 Å². The highest BCUT2D eigenvalue weighted by molar-refractivity contribution is 7.13. The Morgan fingerprint density at radius 1 is 1.40 bits per heavy atom. The first-order valence-corrected chi connectivity index (χ1v) is 5.07. The predicted molar refractivity (Wildman–Crippen MR) is 61.1 cm³/mol. The molecular formula is C9H9N5S. The average Bonchev–Trinajstić information content (AvgIpc) is 2.65. The lowest BCUT2D eigenvalue weighted by Gasteiger charge is -2.02. The van der Waals surface area contributed by atoms with Crippen LogP contribution in [0.3, 0.4) is 0 Å². The lowest BCUT2D eigenvalue weighted by atomic mass is 10.1. The zero-order valence-electron chi connectivity index (χ0n) is 7.77. The molecule has 0 saturated carbocycles. The Bertz CT molecular complexity index is 505. The van der Waals surface area contributed by atoms with E-state index in [9.17, 15) is 0 Å². The van der Waals surface area contributed by atoms with Gasteiger partial charge in [-0.3, -0.25) is 5.41 Å². The van der Waals surface area contributed by atoms with Crippen LogP contribution in [0.25, 0.3) is 0 Å².